The van der Waals surface area contributed by atoms with Crippen molar-refractivity contribution in [2.24, 2.45) is 0 Å². The van der Waals surface area contributed by atoms with E-state index in [9.17, 15) is 0 Å². The minimum atomic E-state index is -2.22. The molecule has 0 aliphatic carbocycles. The van der Waals surface area contributed by atoms with E-state index in [-0.39, 0.29) is 0 Å². The third-order valence-electron chi connectivity index (χ3n) is 15.7. The molecule has 0 saturated heterocycles. The van der Waals surface area contributed by atoms with Crippen LogP contribution in [0.4, 0.5) is 34.1 Å². The van der Waals surface area contributed by atoms with Gasteiger partial charge in [-0.25, -0.2) is 29.9 Å². The Labute approximate surface area is 456 Å². The van der Waals surface area contributed by atoms with Gasteiger partial charge in [-0.05, 0) is 69.3 Å². The zero-order valence-corrected chi connectivity index (χ0v) is 45.7. The Morgan fingerprint density at radius 2 is 0.449 bits per heavy atom. The Hall–Kier alpha value is -9.49. The Morgan fingerprint density at radius 3 is 0.705 bits per heavy atom. The molecule has 0 unspecified atom stereocenters. The van der Waals surface area contributed by atoms with Crippen LogP contribution in [0.15, 0.2) is 243 Å². The van der Waals surface area contributed by atoms with Crippen molar-refractivity contribution < 1.29 is 0 Å². The Balaban J connectivity index is 1.15. The second-order valence-corrected chi connectivity index (χ2v) is 29.8. The van der Waals surface area contributed by atoms with Gasteiger partial charge in [0, 0.05) is 66.9 Å². The van der Waals surface area contributed by atoms with Gasteiger partial charge in [-0.2, -0.15) is 0 Å². The first kappa shape index (κ1) is 47.0. The van der Waals surface area contributed by atoms with Gasteiger partial charge in [0.1, 0.15) is 16.1 Å². The van der Waals surface area contributed by atoms with E-state index in [0.717, 1.165) is 78.3 Å². The second kappa shape index (κ2) is 18.7. The zero-order valence-electron chi connectivity index (χ0n) is 43.7. The van der Waals surface area contributed by atoms with E-state index in [1.54, 1.807) is 0 Å². The Kier molecular flexibility index (Phi) is 11.2. The van der Waals surface area contributed by atoms with E-state index >= 15 is 0 Å². The van der Waals surface area contributed by atoms with Crippen molar-refractivity contribution in [3.63, 3.8) is 0 Å². The van der Waals surface area contributed by atoms with E-state index in [0.29, 0.717) is 34.9 Å². The van der Waals surface area contributed by atoms with Crippen LogP contribution in [0, 0.1) is 0 Å². The highest BCUT2D eigenvalue weighted by Crippen LogP contribution is 2.50. The molecule has 12 aromatic rings. The first-order valence-corrected chi connectivity index (χ1v) is 32.5. The number of anilines is 6. The van der Waals surface area contributed by atoms with Gasteiger partial charge in [-0.15, -0.1) is 0 Å². The minimum Gasteiger partial charge on any atom is -0.310 e. The first-order valence-electron chi connectivity index (χ1n) is 26.5. The summed E-state index contributed by atoms with van der Waals surface area (Å²) in [6.45, 7) is 9.89. The molecule has 2 aliphatic heterocycles. The van der Waals surface area contributed by atoms with Crippen molar-refractivity contribution in [2.75, 3.05) is 9.80 Å². The fourth-order valence-corrected chi connectivity index (χ4v) is 17.8. The van der Waals surface area contributed by atoms with Crippen LogP contribution in [0.5, 0.6) is 0 Å². The number of hydrogen-bond acceptors (Lipinski definition) is 8. The molecule has 0 N–H and O–H groups in total. The van der Waals surface area contributed by atoms with Crippen molar-refractivity contribution >= 4 is 81.8 Å². The molecule has 0 saturated carbocycles. The highest BCUT2D eigenvalue weighted by atomic mass is 28.3. The fraction of sp³-hybridized carbons (Fsp3) is 0.0588. The van der Waals surface area contributed by atoms with Crippen molar-refractivity contribution in [1.29, 1.82) is 0 Å². The van der Waals surface area contributed by atoms with Gasteiger partial charge in [0.05, 0.1) is 11.4 Å². The highest BCUT2D eigenvalue weighted by molar-refractivity contribution is 7.03. The summed E-state index contributed by atoms with van der Waals surface area (Å²) in [5.41, 5.74) is 11.9. The fourth-order valence-electron chi connectivity index (χ4n) is 11.8. The maximum Gasteiger partial charge on any atom is 0.164 e. The molecule has 372 valence electrons. The topological polar surface area (TPSA) is 83.8 Å². The molecule has 0 amide bonds. The molecule has 4 heterocycles. The third kappa shape index (κ3) is 7.87. The largest absolute Gasteiger partial charge is 0.310 e. The summed E-state index contributed by atoms with van der Waals surface area (Å²) in [6, 6.07) is 86.1. The van der Waals surface area contributed by atoms with Gasteiger partial charge in [0.2, 0.25) is 0 Å². The maximum absolute atomic E-state index is 5.41. The van der Waals surface area contributed by atoms with Crippen molar-refractivity contribution in [1.82, 2.24) is 29.9 Å². The molecule has 0 spiro atoms. The Morgan fingerprint density at radius 1 is 0.231 bits per heavy atom. The summed E-state index contributed by atoms with van der Waals surface area (Å²) in [5.74, 6) is 3.54. The van der Waals surface area contributed by atoms with E-state index < -0.39 is 16.1 Å². The predicted molar refractivity (Wildman–Crippen MR) is 326 cm³/mol. The molecule has 0 fully saturated rings. The molecule has 0 atom stereocenters. The molecule has 0 bridgehead atoms. The number of rotatable bonds is 8. The van der Waals surface area contributed by atoms with Crippen LogP contribution in [0.25, 0.3) is 79.1 Å². The number of hydrogen-bond donors (Lipinski definition) is 0. The number of benzene rings is 10. The molecular weight excluding hydrogens is 985 g/mol. The molecule has 8 nitrogen and oxygen atoms in total. The van der Waals surface area contributed by atoms with E-state index in [2.05, 4.69) is 206 Å². The van der Waals surface area contributed by atoms with Crippen LogP contribution in [0.1, 0.15) is 0 Å². The average Bonchev–Trinajstić information content (AvgIpc) is 3.68. The van der Waals surface area contributed by atoms with Crippen LogP contribution in [0.3, 0.4) is 0 Å². The second-order valence-electron chi connectivity index (χ2n) is 21.2. The van der Waals surface area contributed by atoms with E-state index in [4.69, 9.17) is 29.9 Å². The highest BCUT2D eigenvalue weighted by Gasteiger charge is 2.41. The lowest BCUT2D eigenvalue weighted by Crippen LogP contribution is -2.58. The van der Waals surface area contributed by atoms with Crippen molar-refractivity contribution in [3.8, 4) is 68.3 Å². The molecule has 10 aromatic carbocycles. The predicted octanol–water partition coefficient (Wildman–Crippen LogP) is 14.4. The van der Waals surface area contributed by atoms with Crippen molar-refractivity contribution in [2.45, 2.75) is 26.2 Å². The monoisotopic (exact) mass is 1040 g/mol. The quantitative estimate of drug-likeness (QED) is 0.139. The summed E-state index contributed by atoms with van der Waals surface area (Å²) >= 11 is 0. The molecule has 0 radical (unpaired) electrons. The molecule has 78 heavy (non-hydrogen) atoms. The van der Waals surface area contributed by atoms with Gasteiger partial charge in [0.15, 0.2) is 34.9 Å². The molecule has 14 rings (SSSR count). The summed E-state index contributed by atoms with van der Waals surface area (Å²) in [4.78, 5) is 36.9. The lowest BCUT2D eigenvalue weighted by Gasteiger charge is -2.42. The van der Waals surface area contributed by atoms with Crippen molar-refractivity contribution in [3.05, 3.63) is 243 Å². The minimum absolute atomic E-state index is 0.569. The average molecular weight is 1040 g/mol. The normalized spacial score (nSPS) is 13.8. The van der Waals surface area contributed by atoms with Gasteiger partial charge < -0.3 is 9.80 Å². The first-order chi connectivity index (χ1) is 38.2. The maximum atomic E-state index is 5.41. The van der Waals surface area contributed by atoms with E-state index in [1.807, 2.05) is 72.8 Å². The SMILES string of the molecule is C[Si]1(C)c2ccccc2N(c2cc(-c3nc(-c4ccccc4)nc(-c4ccccc4)n3)cc3c(N4c5ccccc5[Si](C)(C)c5ccccc54)cc(-c4nc(-c5ccccc5)nc(-c5ccccc5)n4)cc23)c2ccccc21. The number of aromatic nitrogens is 6. The smallest absolute Gasteiger partial charge is 0.164 e. The van der Waals surface area contributed by atoms with Gasteiger partial charge in [0.25, 0.3) is 0 Å². The van der Waals surface area contributed by atoms with E-state index in [1.165, 1.54) is 20.7 Å². The van der Waals surface area contributed by atoms with Gasteiger partial charge in [-0.1, -0.05) is 220 Å². The van der Waals surface area contributed by atoms with Crippen LogP contribution in [0.2, 0.25) is 26.2 Å². The Bertz CT molecular complexity index is 3800. The van der Waals surface area contributed by atoms with Crippen LogP contribution in [-0.4, -0.2) is 46.1 Å². The molecular formula is C68H52N8Si2. The molecule has 2 aromatic heterocycles. The lowest BCUT2D eigenvalue weighted by atomic mass is 9.96. The van der Waals surface area contributed by atoms with Crippen LogP contribution < -0.4 is 30.5 Å². The summed E-state index contributed by atoms with van der Waals surface area (Å²) < 4.78 is 0. The molecule has 10 heteroatoms. The number of para-hydroxylation sites is 4. The summed E-state index contributed by atoms with van der Waals surface area (Å²) in [6.07, 6.45) is 0. The summed E-state index contributed by atoms with van der Waals surface area (Å²) in [7, 11) is -4.44. The standard InChI is InChI=1S/C68H52N8Si2/c1-77(2)59-37-21-17-33-53(59)75(54-34-18-22-38-60(54)77)57-43-49(67-71-63(45-25-9-5-10-26-45)69-64(72-67)46-27-11-6-12-28-46)42-52-51(57)41-50(68-73-65(47-29-13-7-14-30-47)70-66(74-68)48-31-15-8-16-32-48)44-58(52)76-55-35-19-23-39-61(55)78(3,4)62-40-24-20-36-56(62)76/h5-44H,1-4H3. The third-order valence-corrected chi connectivity index (χ3v) is 22.8. The number of nitrogens with zero attached hydrogens (tertiary/aromatic N) is 8. The van der Waals surface area contributed by atoms with Crippen LogP contribution >= 0.6 is 0 Å². The zero-order chi connectivity index (χ0) is 52.5. The van der Waals surface area contributed by atoms with Gasteiger partial charge >= 0.3 is 0 Å². The number of fused-ring (bicyclic) bond motifs is 5. The molecule has 2 aliphatic rings. The van der Waals surface area contributed by atoms with Crippen LogP contribution in [-0.2, 0) is 0 Å². The van der Waals surface area contributed by atoms with Gasteiger partial charge in [-0.3, -0.25) is 0 Å². The lowest BCUT2D eigenvalue weighted by molar-refractivity contribution is 1.07. The summed E-state index contributed by atoms with van der Waals surface area (Å²) in [5, 5.41) is 7.47.